The minimum atomic E-state index is 0.690. The van der Waals surface area contributed by atoms with Gasteiger partial charge in [-0.1, -0.05) is 18.2 Å². The number of hydrogen-bond donors (Lipinski definition) is 2. The molecule has 26 heavy (non-hydrogen) atoms. The van der Waals surface area contributed by atoms with Crippen LogP contribution < -0.4 is 15.1 Å². The number of benzene rings is 1. The van der Waals surface area contributed by atoms with Gasteiger partial charge in [-0.25, -0.2) is 14.4 Å². The van der Waals surface area contributed by atoms with Gasteiger partial charge in [0.1, 0.15) is 6.20 Å². The molecule has 6 heteroatoms. The van der Waals surface area contributed by atoms with Crippen LogP contribution in [0.15, 0.2) is 65.0 Å². The molecule has 0 fully saturated rings. The van der Waals surface area contributed by atoms with E-state index in [9.17, 15) is 0 Å². The van der Waals surface area contributed by atoms with E-state index in [2.05, 4.69) is 85.6 Å². The van der Waals surface area contributed by atoms with E-state index < -0.39 is 0 Å². The number of aromatic nitrogens is 2. The molecule has 6 nitrogen and oxygen atoms in total. The first-order chi connectivity index (χ1) is 12.7. The normalized spacial score (nSPS) is 12.0. The number of pyridine rings is 1. The minimum absolute atomic E-state index is 0.690. The van der Waals surface area contributed by atoms with E-state index in [0.717, 1.165) is 17.8 Å². The van der Waals surface area contributed by atoms with Crippen LogP contribution in [-0.2, 0) is 7.05 Å². The molecule has 2 heterocycles. The van der Waals surface area contributed by atoms with Crippen molar-refractivity contribution in [1.82, 2.24) is 15.3 Å². The zero-order valence-corrected chi connectivity index (χ0v) is 15.5. The van der Waals surface area contributed by atoms with Crippen LogP contribution in [0.1, 0.15) is 19.4 Å². The van der Waals surface area contributed by atoms with E-state index in [4.69, 9.17) is 0 Å². The van der Waals surface area contributed by atoms with Gasteiger partial charge in [-0.2, -0.15) is 5.10 Å². The Hall–Kier alpha value is -3.15. The molecule has 0 aliphatic rings. The van der Waals surface area contributed by atoms with Crippen LogP contribution in [0.4, 0.5) is 0 Å². The van der Waals surface area contributed by atoms with Crippen molar-refractivity contribution >= 4 is 17.8 Å². The van der Waals surface area contributed by atoms with Gasteiger partial charge < -0.3 is 5.32 Å². The molecule has 2 N–H and O–H groups in total. The highest BCUT2D eigenvalue weighted by atomic mass is 15.4. The molecule has 0 atom stereocenters. The fourth-order valence-corrected chi connectivity index (χ4v) is 2.81. The van der Waals surface area contributed by atoms with Crippen molar-refractivity contribution in [1.29, 1.82) is 0 Å². The average Bonchev–Trinajstić information content (AvgIpc) is 3.00. The smallest absolute Gasteiger partial charge is 0.286 e. The summed E-state index contributed by atoms with van der Waals surface area (Å²) in [6.45, 7) is 5.54. The summed E-state index contributed by atoms with van der Waals surface area (Å²) in [5.41, 5.74) is 7.47. The number of aryl methyl sites for hydroxylation is 1. The number of imidazole rings is 1. The Morgan fingerprint density at radius 1 is 1.15 bits per heavy atom. The number of nitrogens with zero attached hydrogens (tertiary/aromatic N) is 4. The molecule has 3 aromatic rings. The summed E-state index contributed by atoms with van der Waals surface area (Å²) in [7, 11) is 2.08. The van der Waals surface area contributed by atoms with Gasteiger partial charge in [-0.3, -0.25) is 4.99 Å². The van der Waals surface area contributed by atoms with Gasteiger partial charge in [0, 0.05) is 24.7 Å². The van der Waals surface area contributed by atoms with Gasteiger partial charge in [0.15, 0.2) is 5.69 Å². The fraction of sp³-hybridized carbons (Fsp3) is 0.250. The van der Waals surface area contributed by atoms with E-state index in [1.165, 1.54) is 11.3 Å². The van der Waals surface area contributed by atoms with Gasteiger partial charge in [0.05, 0.1) is 19.5 Å². The first kappa shape index (κ1) is 17.7. The first-order valence-corrected chi connectivity index (χ1v) is 8.86. The van der Waals surface area contributed by atoms with Crippen molar-refractivity contribution in [3.05, 3.63) is 60.4 Å². The van der Waals surface area contributed by atoms with E-state index >= 15 is 0 Å². The maximum atomic E-state index is 4.30. The Bertz CT molecular complexity index is 921. The summed E-state index contributed by atoms with van der Waals surface area (Å²) in [5, 5.41) is 7.40. The van der Waals surface area contributed by atoms with Crippen LogP contribution in [0.5, 0.6) is 0 Å². The predicted octanol–water partition coefficient (Wildman–Crippen LogP) is 2.34. The first-order valence-electron chi connectivity index (χ1n) is 8.86. The topological polar surface area (TPSA) is 57.8 Å². The number of guanidine groups is 1. The van der Waals surface area contributed by atoms with Crippen molar-refractivity contribution in [2.75, 3.05) is 13.1 Å². The van der Waals surface area contributed by atoms with Gasteiger partial charge in [-0.15, -0.1) is 0 Å². The lowest BCUT2D eigenvalue weighted by Crippen LogP contribution is -2.34. The van der Waals surface area contributed by atoms with Crippen LogP contribution >= 0.6 is 0 Å². The summed E-state index contributed by atoms with van der Waals surface area (Å²) in [4.78, 5) is 4.30. The van der Waals surface area contributed by atoms with Crippen molar-refractivity contribution in [3.63, 3.8) is 0 Å². The van der Waals surface area contributed by atoms with Crippen LogP contribution in [0.3, 0.4) is 0 Å². The molecule has 0 saturated heterocycles. The van der Waals surface area contributed by atoms with E-state index in [0.29, 0.717) is 12.5 Å². The third-order valence-electron chi connectivity index (χ3n) is 4.08. The van der Waals surface area contributed by atoms with Crippen molar-refractivity contribution < 1.29 is 4.40 Å². The monoisotopic (exact) mass is 349 g/mol. The number of hydrogen-bond acceptors (Lipinski definition) is 2. The summed E-state index contributed by atoms with van der Waals surface area (Å²) in [6, 6.07) is 14.5. The number of rotatable bonds is 5. The van der Waals surface area contributed by atoms with Gasteiger partial charge in [0.25, 0.3) is 5.65 Å². The summed E-state index contributed by atoms with van der Waals surface area (Å²) in [5.74, 6) is 0.690. The highest BCUT2D eigenvalue weighted by molar-refractivity contribution is 5.84. The molecule has 2 aromatic heterocycles. The van der Waals surface area contributed by atoms with Crippen molar-refractivity contribution in [2.45, 2.75) is 13.8 Å². The summed E-state index contributed by atoms with van der Waals surface area (Å²) >= 11 is 0. The number of aliphatic imine (C=N–C) groups is 1. The molecule has 0 aliphatic heterocycles. The number of hydrazone groups is 1. The molecule has 3 rings (SSSR count). The SMILES string of the molecule is CCN=C(NCC)N/N=C/c1ccc(-c2c[n+]3ccccc3n2C)cc1. The van der Waals surface area contributed by atoms with Crippen LogP contribution in [-0.4, -0.2) is 29.8 Å². The van der Waals surface area contributed by atoms with Gasteiger partial charge in [0.2, 0.25) is 5.96 Å². The predicted molar refractivity (Wildman–Crippen MR) is 106 cm³/mol. The maximum absolute atomic E-state index is 4.30. The Balaban J connectivity index is 1.75. The van der Waals surface area contributed by atoms with Crippen LogP contribution in [0, 0.1) is 0 Å². The van der Waals surface area contributed by atoms with E-state index in [1.54, 1.807) is 6.21 Å². The summed E-state index contributed by atoms with van der Waals surface area (Å²) < 4.78 is 4.32. The molecular formula is C20H25N6+. The molecule has 0 spiro atoms. The Kier molecular flexibility index (Phi) is 5.63. The molecule has 134 valence electrons. The molecule has 0 bridgehead atoms. The lowest BCUT2D eigenvalue weighted by atomic mass is 10.1. The minimum Gasteiger partial charge on any atom is -0.355 e. The van der Waals surface area contributed by atoms with Crippen molar-refractivity contribution in [3.8, 4) is 11.3 Å². The Labute approximate surface area is 153 Å². The second-order valence-corrected chi connectivity index (χ2v) is 5.88. The molecule has 0 amide bonds. The summed E-state index contributed by atoms with van der Waals surface area (Å²) in [6.07, 6.45) is 6.00. The van der Waals surface area contributed by atoms with Gasteiger partial charge >= 0.3 is 0 Å². The quantitative estimate of drug-likeness (QED) is 0.321. The third-order valence-corrected chi connectivity index (χ3v) is 4.08. The van der Waals surface area contributed by atoms with Gasteiger partial charge in [-0.05, 0) is 37.6 Å². The molecular weight excluding hydrogens is 324 g/mol. The Morgan fingerprint density at radius 3 is 2.65 bits per heavy atom. The van der Waals surface area contributed by atoms with E-state index in [-0.39, 0.29) is 0 Å². The zero-order valence-electron chi connectivity index (χ0n) is 15.5. The van der Waals surface area contributed by atoms with Crippen LogP contribution in [0.25, 0.3) is 16.9 Å². The lowest BCUT2D eigenvalue weighted by molar-refractivity contribution is -0.510. The maximum Gasteiger partial charge on any atom is 0.286 e. The third kappa shape index (κ3) is 3.91. The largest absolute Gasteiger partial charge is 0.355 e. The number of fused-ring (bicyclic) bond motifs is 1. The van der Waals surface area contributed by atoms with Crippen molar-refractivity contribution in [2.24, 2.45) is 17.1 Å². The molecule has 1 aromatic carbocycles. The van der Waals surface area contributed by atoms with E-state index in [1.807, 2.05) is 19.9 Å². The zero-order chi connectivity index (χ0) is 18.4. The highest BCUT2D eigenvalue weighted by Crippen LogP contribution is 2.19. The Morgan fingerprint density at radius 2 is 1.96 bits per heavy atom. The standard InChI is InChI=1S/C20H25N6/c1-4-21-20(22-5-2)24-23-14-16-9-11-17(12-10-16)18-15-26-13-7-6-8-19(26)25(18)3/h6-15H,4-5H2,1-3H3,(H2,21,22,24)/q+1/b23-14+. The highest BCUT2D eigenvalue weighted by Gasteiger charge is 2.14. The fourth-order valence-electron chi connectivity index (χ4n) is 2.81. The second kappa shape index (κ2) is 8.29. The number of nitrogens with one attached hydrogen (secondary N) is 2. The molecule has 0 unspecified atom stereocenters. The lowest BCUT2D eigenvalue weighted by Gasteiger charge is -2.05. The average molecular weight is 349 g/mol. The second-order valence-electron chi connectivity index (χ2n) is 5.88. The molecule has 0 radical (unpaired) electrons. The molecule has 0 aliphatic carbocycles. The molecule has 0 saturated carbocycles. The van der Waals surface area contributed by atoms with Crippen LogP contribution in [0.2, 0.25) is 0 Å².